The standard InChI is InChI=1S/C8H14N4O2S/c1-5-11-12-7(14-5)15-4-3-8(2,10)6(9)13/h3-4,10H2,1-2H3,(H2,9,13). The van der Waals surface area contributed by atoms with Crippen molar-refractivity contribution in [3.8, 4) is 0 Å². The van der Waals surface area contributed by atoms with E-state index in [-0.39, 0.29) is 0 Å². The molecule has 0 radical (unpaired) electrons. The van der Waals surface area contributed by atoms with Crippen LogP contribution in [0.25, 0.3) is 0 Å². The fraction of sp³-hybridized carbons (Fsp3) is 0.625. The summed E-state index contributed by atoms with van der Waals surface area (Å²) in [5, 5.41) is 7.96. The fourth-order valence-electron chi connectivity index (χ4n) is 0.810. The first-order valence-electron chi connectivity index (χ1n) is 4.43. The molecule has 6 nitrogen and oxygen atoms in total. The van der Waals surface area contributed by atoms with Crippen LogP contribution in [0.15, 0.2) is 9.64 Å². The van der Waals surface area contributed by atoms with E-state index < -0.39 is 11.4 Å². The van der Waals surface area contributed by atoms with Crippen molar-refractivity contribution >= 4 is 17.7 Å². The highest BCUT2D eigenvalue weighted by Crippen LogP contribution is 2.19. The summed E-state index contributed by atoms with van der Waals surface area (Å²) in [4.78, 5) is 10.9. The van der Waals surface area contributed by atoms with E-state index in [1.165, 1.54) is 11.8 Å². The van der Waals surface area contributed by atoms with Crippen molar-refractivity contribution in [1.82, 2.24) is 10.2 Å². The molecule has 84 valence electrons. The molecule has 7 heteroatoms. The van der Waals surface area contributed by atoms with E-state index in [2.05, 4.69) is 10.2 Å². The largest absolute Gasteiger partial charge is 0.416 e. The number of carbonyl (C=O) groups excluding carboxylic acids is 1. The average molecular weight is 230 g/mol. The van der Waals surface area contributed by atoms with Gasteiger partial charge in [0.1, 0.15) is 0 Å². The summed E-state index contributed by atoms with van der Waals surface area (Å²) in [6, 6.07) is 0. The lowest BCUT2D eigenvalue weighted by molar-refractivity contribution is -0.122. The Morgan fingerprint density at radius 1 is 1.60 bits per heavy atom. The van der Waals surface area contributed by atoms with Crippen LogP contribution in [-0.2, 0) is 4.79 Å². The highest BCUT2D eigenvalue weighted by Gasteiger charge is 2.25. The maximum atomic E-state index is 10.9. The van der Waals surface area contributed by atoms with Crippen molar-refractivity contribution < 1.29 is 9.21 Å². The third kappa shape index (κ3) is 3.52. The highest BCUT2D eigenvalue weighted by atomic mass is 32.2. The zero-order valence-electron chi connectivity index (χ0n) is 8.69. The van der Waals surface area contributed by atoms with Gasteiger partial charge in [-0.15, -0.1) is 10.2 Å². The van der Waals surface area contributed by atoms with E-state index >= 15 is 0 Å². The number of nitrogens with two attached hydrogens (primary N) is 2. The lowest BCUT2D eigenvalue weighted by Crippen LogP contribution is -2.49. The number of primary amides is 1. The molecule has 0 fully saturated rings. The van der Waals surface area contributed by atoms with Gasteiger partial charge in [0.25, 0.3) is 5.22 Å². The Hall–Kier alpha value is -1.08. The average Bonchev–Trinajstić information content (AvgIpc) is 2.51. The molecule has 0 aliphatic heterocycles. The molecule has 0 bridgehead atoms. The van der Waals surface area contributed by atoms with Gasteiger partial charge in [-0.05, 0) is 13.3 Å². The van der Waals surface area contributed by atoms with E-state index in [1.54, 1.807) is 13.8 Å². The lowest BCUT2D eigenvalue weighted by Gasteiger charge is -2.19. The van der Waals surface area contributed by atoms with Crippen LogP contribution >= 0.6 is 11.8 Å². The number of aromatic nitrogens is 2. The van der Waals surface area contributed by atoms with E-state index in [0.29, 0.717) is 23.3 Å². The van der Waals surface area contributed by atoms with E-state index in [0.717, 1.165) is 0 Å². The Morgan fingerprint density at radius 3 is 2.73 bits per heavy atom. The summed E-state index contributed by atoms with van der Waals surface area (Å²) in [6.45, 7) is 3.32. The summed E-state index contributed by atoms with van der Waals surface area (Å²) in [6.07, 6.45) is 0.467. The molecule has 4 N–H and O–H groups in total. The number of amides is 1. The van der Waals surface area contributed by atoms with Gasteiger partial charge in [-0.1, -0.05) is 11.8 Å². The molecule has 1 amide bonds. The first kappa shape index (κ1) is 12.0. The van der Waals surface area contributed by atoms with Crippen molar-refractivity contribution in [3.63, 3.8) is 0 Å². The third-order valence-corrected chi connectivity index (χ3v) is 2.74. The summed E-state index contributed by atoms with van der Waals surface area (Å²) in [5.41, 5.74) is 9.82. The number of thioether (sulfide) groups is 1. The first-order valence-corrected chi connectivity index (χ1v) is 5.42. The van der Waals surface area contributed by atoms with Gasteiger partial charge in [0.05, 0.1) is 5.54 Å². The zero-order valence-corrected chi connectivity index (χ0v) is 9.50. The van der Waals surface area contributed by atoms with Crippen LogP contribution in [0.2, 0.25) is 0 Å². The lowest BCUT2D eigenvalue weighted by atomic mass is 10.0. The molecule has 1 aromatic rings. The number of nitrogens with zero attached hydrogens (tertiary/aromatic N) is 2. The van der Waals surface area contributed by atoms with Gasteiger partial charge >= 0.3 is 0 Å². The van der Waals surface area contributed by atoms with Crippen molar-refractivity contribution in [2.45, 2.75) is 31.0 Å². The number of rotatable bonds is 5. The van der Waals surface area contributed by atoms with Gasteiger partial charge < -0.3 is 15.9 Å². The Bertz CT molecular complexity index is 350. The summed E-state index contributed by atoms with van der Waals surface area (Å²) in [7, 11) is 0. The predicted molar refractivity (Wildman–Crippen MR) is 56.2 cm³/mol. The van der Waals surface area contributed by atoms with Crippen LogP contribution in [0.4, 0.5) is 0 Å². The van der Waals surface area contributed by atoms with Gasteiger partial charge in [0.2, 0.25) is 11.8 Å². The smallest absolute Gasteiger partial charge is 0.276 e. The molecule has 0 saturated carbocycles. The van der Waals surface area contributed by atoms with E-state index in [9.17, 15) is 4.79 Å². The second-order valence-electron chi connectivity index (χ2n) is 3.47. The van der Waals surface area contributed by atoms with Crippen LogP contribution in [-0.4, -0.2) is 27.4 Å². The molecule has 1 aromatic heterocycles. The number of carbonyl (C=O) groups is 1. The minimum atomic E-state index is -0.984. The predicted octanol–water partition coefficient (Wildman–Crippen LogP) is 0.0629. The molecule has 0 saturated heterocycles. The Morgan fingerprint density at radius 2 is 2.27 bits per heavy atom. The Balaban J connectivity index is 2.36. The number of aryl methyl sites for hydroxylation is 1. The van der Waals surface area contributed by atoms with Gasteiger partial charge in [-0.25, -0.2) is 0 Å². The molecule has 15 heavy (non-hydrogen) atoms. The minimum absolute atomic E-state index is 0.467. The maximum Gasteiger partial charge on any atom is 0.276 e. The summed E-state index contributed by atoms with van der Waals surface area (Å²) in [5.74, 6) is 0.616. The summed E-state index contributed by atoms with van der Waals surface area (Å²) < 4.78 is 5.14. The zero-order chi connectivity index (χ0) is 11.5. The van der Waals surface area contributed by atoms with Crippen molar-refractivity contribution in [3.05, 3.63) is 5.89 Å². The SMILES string of the molecule is Cc1nnc(SCCC(C)(N)C(N)=O)o1. The molecule has 0 aliphatic carbocycles. The van der Waals surface area contributed by atoms with Crippen molar-refractivity contribution in [1.29, 1.82) is 0 Å². The minimum Gasteiger partial charge on any atom is -0.416 e. The molecular formula is C8H14N4O2S. The van der Waals surface area contributed by atoms with Crippen LogP contribution in [0.1, 0.15) is 19.2 Å². The molecule has 1 heterocycles. The topological polar surface area (TPSA) is 108 Å². The van der Waals surface area contributed by atoms with Crippen LogP contribution in [0.3, 0.4) is 0 Å². The first-order chi connectivity index (χ1) is 6.92. The molecule has 1 atom stereocenters. The fourth-order valence-corrected chi connectivity index (χ4v) is 1.79. The van der Waals surface area contributed by atoms with Crippen LogP contribution in [0.5, 0.6) is 0 Å². The second-order valence-corrected chi connectivity index (χ2v) is 4.51. The van der Waals surface area contributed by atoms with Crippen LogP contribution < -0.4 is 11.5 Å². The number of hydrogen-bond donors (Lipinski definition) is 2. The monoisotopic (exact) mass is 230 g/mol. The second kappa shape index (κ2) is 4.63. The van der Waals surface area contributed by atoms with Gasteiger partial charge in [-0.2, -0.15) is 0 Å². The number of hydrogen-bond acceptors (Lipinski definition) is 6. The van der Waals surface area contributed by atoms with Crippen molar-refractivity contribution in [2.24, 2.45) is 11.5 Å². The maximum absolute atomic E-state index is 10.9. The molecule has 1 rings (SSSR count). The van der Waals surface area contributed by atoms with Crippen LogP contribution in [0, 0.1) is 6.92 Å². The highest BCUT2D eigenvalue weighted by molar-refractivity contribution is 7.99. The van der Waals surface area contributed by atoms with Gasteiger partial charge in [0.15, 0.2) is 0 Å². The van der Waals surface area contributed by atoms with E-state index in [1.807, 2.05) is 0 Å². The normalized spacial score (nSPS) is 14.9. The molecular weight excluding hydrogens is 216 g/mol. The summed E-state index contributed by atoms with van der Waals surface area (Å²) >= 11 is 1.36. The quantitative estimate of drug-likeness (QED) is 0.692. The van der Waals surface area contributed by atoms with Crippen molar-refractivity contribution in [2.75, 3.05) is 5.75 Å². The Kier molecular flexibility index (Phi) is 3.70. The molecule has 0 aliphatic rings. The Labute approximate surface area is 91.8 Å². The molecule has 0 spiro atoms. The third-order valence-electron chi connectivity index (χ3n) is 1.92. The van der Waals surface area contributed by atoms with Gasteiger partial charge in [-0.3, -0.25) is 4.79 Å². The van der Waals surface area contributed by atoms with Gasteiger partial charge in [0, 0.05) is 12.7 Å². The molecule has 0 aromatic carbocycles. The van der Waals surface area contributed by atoms with E-state index in [4.69, 9.17) is 15.9 Å². The molecule has 1 unspecified atom stereocenters.